The van der Waals surface area contributed by atoms with Gasteiger partial charge in [0.25, 0.3) is 0 Å². The van der Waals surface area contributed by atoms with Crippen molar-refractivity contribution in [2.45, 2.75) is 13.0 Å². The Hall–Kier alpha value is -1.27. The van der Waals surface area contributed by atoms with Crippen LogP contribution in [0.2, 0.25) is 0 Å². The highest BCUT2D eigenvalue weighted by atomic mass is 32.1. The fraction of sp³-hybridized carbons (Fsp3) is 0.286. The van der Waals surface area contributed by atoms with Crippen LogP contribution in [0.15, 0.2) is 17.1 Å². The topological polar surface area (TPSA) is 77.8 Å². The SMILES string of the molecule is Cc1ncc(C(N)c2ncon2)s1. The number of thiazole rings is 1. The molecule has 0 amide bonds. The second-order valence-corrected chi connectivity index (χ2v) is 3.82. The molecule has 0 aliphatic rings. The molecule has 2 heterocycles. The minimum absolute atomic E-state index is 0.329. The van der Waals surface area contributed by atoms with Crippen molar-refractivity contribution in [2.75, 3.05) is 0 Å². The Labute approximate surface area is 78.6 Å². The molecular formula is C7H8N4OS. The van der Waals surface area contributed by atoms with Crippen molar-refractivity contribution >= 4 is 11.3 Å². The molecule has 13 heavy (non-hydrogen) atoms. The summed E-state index contributed by atoms with van der Waals surface area (Å²) in [6, 6.07) is -0.329. The molecule has 0 saturated heterocycles. The second kappa shape index (κ2) is 3.23. The van der Waals surface area contributed by atoms with E-state index in [9.17, 15) is 0 Å². The molecule has 2 N–H and O–H groups in total. The molecule has 2 aromatic rings. The standard InChI is InChI=1S/C7H8N4OS/c1-4-9-2-5(13-4)6(8)7-10-3-12-11-7/h2-3,6H,8H2,1H3. The van der Waals surface area contributed by atoms with Gasteiger partial charge in [0.15, 0.2) is 5.82 Å². The van der Waals surface area contributed by atoms with E-state index in [1.54, 1.807) is 6.20 Å². The Morgan fingerprint density at radius 2 is 2.38 bits per heavy atom. The Balaban J connectivity index is 2.28. The lowest BCUT2D eigenvalue weighted by molar-refractivity contribution is 0.407. The van der Waals surface area contributed by atoms with Gasteiger partial charge in [-0.2, -0.15) is 4.98 Å². The van der Waals surface area contributed by atoms with Gasteiger partial charge in [-0.3, -0.25) is 0 Å². The van der Waals surface area contributed by atoms with Gasteiger partial charge in [0, 0.05) is 11.1 Å². The van der Waals surface area contributed by atoms with Gasteiger partial charge in [0.05, 0.1) is 5.01 Å². The van der Waals surface area contributed by atoms with E-state index >= 15 is 0 Å². The zero-order valence-electron chi connectivity index (χ0n) is 6.97. The Morgan fingerprint density at radius 1 is 1.54 bits per heavy atom. The average Bonchev–Trinajstić information content (AvgIpc) is 2.72. The van der Waals surface area contributed by atoms with Gasteiger partial charge in [-0.05, 0) is 6.92 Å². The molecule has 6 heteroatoms. The molecule has 2 rings (SSSR count). The van der Waals surface area contributed by atoms with Crippen molar-refractivity contribution in [3.8, 4) is 0 Å². The van der Waals surface area contributed by atoms with Gasteiger partial charge in [-0.25, -0.2) is 4.98 Å². The molecule has 0 spiro atoms. The summed E-state index contributed by atoms with van der Waals surface area (Å²) in [5.74, 6) is 0.489. The molecule has 2 aromatic heterocycles. The molecule has 0 saturated carbocycles. The van der Waals surface area contributed by atoms with Crippen LogP contribution in [0.5, 0.6) is 0 Å². The third kappa shape index (κ3) is 1.58. The fourth-order valence-corrected chi connectivity index (χ4v) is 1.75. The van der Waals surface area contributed by atoms with Crippen molar-refractivity contribution in [1.29, 1.82) is 0 Å². The number of hydrogen-bond donors (Lipinski definition) is 1. The maximum Gasteiger partial charge on any atom is 0.213 e. The lowest BCUT2D eigenvalue weighted by Crippen LogP contribution is -2.11. The fourth-order valence-electron chi connectivity index (χ4n) is 0.965. The summed E-state index contributed by atoms with van der Waals surface area (Å²) < 4.78 is 4.61. The number of aromatic nitrogens is 3. The number of hydrogen-bond acceptors (Lipinski definition) is 6. The highest BCUT2D eigenvalue weighted by Gasteiger charge is 2.15. The van der Waals surface area contributed by atoms with Crippen LogP contribution in [0.25, 0.3) is 0 Å². The molecule has 0 fully saturated rings. The lowest BCUT2D eigenvalue weighted by Gasteiger charge is -2.00. The monoisotopic (exact) mass is 196 g/mol. The van der Waals surface area contributed by atoms with Gasteiger partial charge < -0.3 is 10.3 Å². The molecule has 5 nitrogen and oxygen atoms in total. The van der Waals surface area contributed by atoms with Gasteiger partial charge in [0.2, 0.25) is 6.39 Å². The molecule has 0 aromatic carbocycles. The normalized spacial score (nSPS) is 13.1. The first-order valence-electron chi connectivity index (χ1n) is 3.71. The van der Waals surface area contributed by atoms with Crippen molar-refractivity contribution in [2.24, 2.45) is 5.73 Å². The Kier molecular flexibility index (Phi) is 2.07. The summed E-state index contributed by atoms with van der Waals surface area (Å²) in [6.07, 6.45) is 3.00. The molecule has 0 aliphatic heterocycles. The van der Waals surface area contributed by atoms with Gasteiger partial charge in [0.1, 0.15) is 6.04 Å². The van der Waals surface area contributed by atoms with E-state index in [4.69, 9.17) is 5.73 Å². The highest BCUT2D eigenvalue weighted by molar-refractivity contribution is 7.11. The van der Waals surface area contributed by atoms with Crippen LogP contribution in [0, 0.1) is 6.92 Å². The Bertz CT molecular complexity index is 383. The summed E-state index contributed by atoms with van der Waals surface area (Å²) in [7, 11) is 0. The maximum absolute atomic E-state index is 5.86. The van der Waals surface area contributed by atoms with Crippen LogP contribution in [0.3, 0.4) is 0 Å². The van der Waals surface area contributed by atoms with E-state index in [2.05, 4.69) is 19.6 Å². The van der Waals surface area contributed by atoms with Crippen LogP contribution in [-0.4, -0.2) is 15.1 Å². The van der Waals surface area contributed by atoms with E-state index in [-0.39, 0.29) is 6.04 Å². The molecule has 1 unspecified atom stereocenters. The zero-order valence-corrected chi connectivity index (χ0v) is 7.78. The first-order chi connectivity index (χ1) is 6.27. The maximum atomic E-state index is 5.86. The first-order valence-corrected chi connectivity index (χ1v) is 4.53. The summed E-state index contributed by atoms with van der Waals surface area (Å²) >= 11 is 1.54. The van der Waals surface area contributed by atoms with Crippen molar-refractivity contribution in [3.05, 3.63) is 28.3 Å². The highest BCUT2D eigenvalue weighted by Crippen LogP contribution is 2.21. The number of nitrogens with zero attached hydrogens (tertiary/aromatic N) is 3. The molecule has 0 bridgehead atoms. The molecule has 0 radical (unpaired) electrons. The van der Waals surface area contributed by atoms with Crippen molar-refractivity contribution < 1.29 is 4.52 Å². The first kappa shape index (κ1) is 8.33. The quantitative estimate of drug-likeness (QED) is 0.771. The molecule has 68 valence electrons. The van der Waals surface area contributed by atoms with E-state index in [0.717, 1.165) is 9.88 Å². The van der Waals surface area contributed by atoms with E-state index in [0.29, 0.717) is 5.82 Å². The van der Waals surface area contributed by atoms with E-state index in [1.807, 2.05) is 6.92 Å². The van der Waals surface area contributed by atoms with E-state index < -0.39 is 0 Å². The van der Waals surface area contributed by atoms with Crippen LogP contribution < -0.4 is 5.73 Å². The average molecular weight is 196 g/mol. The Morgan fingerprint density at radius 3 is 2.92 bits per heavy atom. The summed E-state index contributed by atoms with van der Waals surface area (Å²) in [4.78, 5) is 8.92. The number of aryl methyl sites for hydroxylation is 1. The summed E-state index contributed by atoms with van der Waals surface area (Å²) in [6.45, 7) is 1.93. The molecular weight excluding hydrogens is 188 g/mol. The van der Waals surface area contributed by atoms with Crippen LogP contribution >= 0.6 is 11.3 Å². The zero-order chi connectivity index (χ0) is 9.26. The van der Waals surface area contributed by atoms with E-state index in [1.165, 1.54) is 17.7 Å². The number of rotatable bonds is 2. The van der Waals surface area contributed by atoms with Crippen molar-refractivity contribution in [3.63, 3.8) is 0 Å². The van der Waals surface area contributed by atoms with Crippen molar-refractivity contribution in [1.82, 2.24) is 15.1 Å². The third-order valence-electron chi connectivity index (χ3n) is 1.60. The summed E-state index contributed by atoms with van der Waals surface area (Å²) in [5.41, 5.74) is 5.86. The summed E-state index contributed by atoms with van der Waals surface area (Å²) in [5, 5.41) is 4.65. The smallest absolute Gasteiger partial charge is 0.213 e. The van der Waals surface area contributed by atoms with Crippen LogP contribution in [0.1, 0.15) is 21.8 Å². The molecule has 0 aliphatic carbocycles. The second-order valence-electron chi connectivity index (χ2n) is 2.55. The lowest BCUT2D eigenvalue weighted by atomic mass is 10.3. The van der Waals surface area contributed by atoms with Crippen LogP contribution in [-0.2, 0) is 0 Å². The predicted octanol–water partition coefficient (Wildman–Crippen LogP) is 0.883. The van der Waals surface area contributed by atoms with Gasteiger partial charge >= 0.3 is 0 Å². The van der Waals surface area contributed by atoms with Gasteiger partial charge in [-0.15, -0.1) is 11.3 Å². The third-order valence-corrected chi connectivity index (χ3v) is 2.60. The molecule has 1 atom stereocenters. The minimum atomic E-state index is -0.329. The predicted molar refractivity (Wildman–Crippen MR) is 47.2 cm³/mol. The van der Waals surface area contributed by atoms with Crippen LogP contribution in [0.4, 0.5) is 0 Å². The largest absolute Gasteiger partial charge is 0.343 e. The minimum Gasteiger partial charge on any atom is -0.343 e. The number of nitrogens with two attached hydrogens (primary N) is 1. The van der Waals surface area contributed by atoms with Gasteiger partial charge in [-0.1, -0.05) is 5.16 Å².